The van der Waals surface area contributed by atoms with Crippen LogP contribution in [0, 0.1) is 0 Å². The van der Waals surface area contributed by atoms with Crippen LogP contribution in [0.4, 0.5) is 4.79 Å². The van der Waals surface area contributed by atoms with E-state index >= 15 is 0 Å². The number of hydrogen-bond acceptors (Lipinski definition) is 2. The van der Waals surface area contributed by atoms with E-state index in [0.29, 0.717) is 6.54 Å². The molecule has 1 unspecified atom stereocenters. The second-order valence-corrected chi connectivity index (χ2v) is 2.14. The van der Waals surface area contributed by atoms with Crippen LogP contribution < -0.4 is 5.73 Å². The monoisotopic (exact) mass is 160 g/mol. The molecule has 0 aromatic heterocycles. The van der Waals surface area contributed by atoms with Gasteiger partial charge in [-0.05, 0) is 13.8 Å². The Morgan fingerprint density at radius 1 is 1.64 bits per heavy atom. The first-order chi connectivity index (χ1) is 5.00. The van der Waals surface area contributed by atoms with Crippen molar-refractivity contribution >= 4 is 12.0 Å². The molecule has 0 heterocycles. The largest absolute Gasteiger partial charge is 0.480 e. The van der Waals surface area contributed by atoms with Gasteiger partial charge in [0.25, 0.3) is 0 Å². The van der Waals surface area contributed by atoms with Gasteiger partial charge in [-0.3, -0.25) is 0 Å². The second kappa shape index (κ2) is 3.80. The van der Waals surface area contributed by atoms with E-state index in [1.54, 1.807) is 6.92 Å². The van der Waals surface area contributed by atoms with Crippen molar-refractivity contribution in [2.24, 2.45) is 5.73 Å². The minimum Gasteiger partial charge on any atom is -0.480 e. The highest BCUT2D eigenvalue weighted by Gasteiger charge is 2.21. The summed E-state index contributed by atoms with van der Waals surface area (Å²) in [6.07, 6.45) is 0. The SMILES string of the molecule is CCN(C(N)=O)C(C)C(=O)O. The number of hydrogen-bond donors (Lipinski definition) is 2. The van der Waals surface area contributed by atoms with Crippen LogP contribution in [0.5, 0.6) is 0 Å². The third-order valence-electron chi connectivity index (χ3n) is 1.45. The van der Waals surface area contributed by atoms with Gasteiger partial charge in [-0.15, -0.1) is 0 Å². The van der Waals surface area contributed by atoms with Crippen molar-refractivity contribution in [2.75, 3.05) is 6.54 Å². The topological polar surface area (TPSA) is 83.6 Å². The van der Waals surface area contributed by atoms with E-state index in [2.05, 4.69) is 0 Å². The number of carboxylic acid groups (broad SMARTS) is 1. The molecule has 0 saturated heterocycles. The zero-order valence-electron chi connectivity index (χ0n) is 6.57. The lowest BCUT2D eigenvalue weighted by Crippen LogP contribution is -2.45. The van der Waals surface area contributed by atoms with Crippen molar-refractivity contribution in [3.63, 3.8) is 0 Å². The standard InChI is InChI=1S/C6H12N2O3/c1-3-8(6(7)11)4(2)5(9)10/h4H,3H2,1-2H3,(H2,7,11)(H,9,10). The highest BCUT2D eigenvalue weighted by molar-refractivity contribution is 5.81. The first kappa shape index (κ1) is 9.74. The summed E-state index contributed by atoms with van der Waals surface area (Å²) in [5.41, 5.74) is 4.91. The molecule has 2 amide bonds. The predicted molar refractivity (Wildman–Crippen MR) is 39.1 cm³/mol. The number of rotatable bonds is 3. The number of amides is 2. The van der Waals surface area contributed by atoms with E-state index in [1.807, 2.05) is 0 Å². The maximum absolute atomic E-state index is 10.6. The van der Waals surface area contributed by atoms with Crippen LogP contribution in [0.2, 0.25) is 0 Å². The van der Waals surface area contributed by atoms with Gasteiger partial charge in [-0.2, -0.15) is 0 Å². The molecule has 0 fully saturated rings. The lowest BCUT2D eigenvalue weighted by molar-refractivity contribution is -0.141. The maximum atomic E-state index is 10.6. The maximum Gasteiger partial charge on any atom is 0.326 e. The van der Waals surface area contributed by atoms with E-state index in [-0.39, 0.29) is 0 Å². The van der Waals surface area contributed by atoms with Crippen LogP contribution in [0.25, 0.3) is 0 Å². The molecule has 0 radical (unpaired) electrons. The average Bonchev–Trinajstić information content (AvgIpc) is 1.88. The Bertz CT molecular complexity index is 169. The number of carbonyl (C=O) groups is 2. The van der Waals surface area contributed by atoms with Gasteiger partial charge in [-0.1, -0.05) is 0 Å². The highest BCUT2D eigenvalue weighted by atomic mass is 16.4. The number of carbonyl (C=O) groups excluding carboxylic acids is 1. The molecule has 0 aliphatic rings. The summed E-state index contributed by atoms with van der Waals surface area (Å²) in [5.74, 6) is -1.05. The minimum absolute atomic E-state index is 0.308. The van der Waals surface area contributed by atoms with Crippen molar-refractivity contribution in [2.45, 2.75) is 19.9 Å². The molecule has 5 heteroatoms. The summed E-state index contributed by atoms with van der Waals surface area (Å²) in [6.45, 7) is 3.39. The number of aliphatic carboxylic acids is 1. The van der Waals surface area contributed by atoms with Crippen LogP contribution in [0.15, 0.2) is 0 Å². The summed E-state index contributed by atoms with van der Waals surface area (Å²) in [7, 11) is 0. The first-order valence-electron chi connectivity index (χ1n) is 3.29. The zero-order valence-corrected chi connectivity index (χ0v) is 6.57. The van der Waals surface area contributed by atoms with E-state index in [1.165, 1.54) is 6.92 Å². The van der Waals surface area contributed by atoms with Gasteiger partial charge in [0.05, 0.1) is 0 Å². The van der Waals surface area contributed by atoms with Crippen molar-refractivity contribution < 1.29 is 14.7 Å². The average molecular weight is 160 g/mol. The van der Waals surface area contributed by atoms with Gasteiger partial charge in [-0.25, -0.2) is 9.59 Å². The molecule has 0 spiro atoms. The lowest BCUT2D eigenvalue weighted by Gasteiger charge is -2.22. The Morgan fingerprint density at radius 2 is 2.09 bits per heavy atom. The van der Waals surface area contributed by atoms with Gasteiger partial charge in [0.2, 0.25) is 0 Å². The molecular formula is C6H12N2O3. The fourth-order valence-corrected chi connectivity index (χ4v) is 0.754. The summed E-state index contributed by atoms with van der Waals surface area (Å²) in [5, 5.41) is 8.48. The molecule has 5 nitrogen and oxygen atoms in total. The molecule has 0 aliphatic carbocycles. The molecule has 0 saturated carbocycles. The van der Waals surface area contributed by atoms with Crippen LogP contribution in [-0.4, -0.2) is 34.6 Å². The Balaban J connectivity index is 4.25. The molecular weight excluding hydrogens is 148 g/mol. The normalized spacial score (nSPS) is 12.2. The number of primary amides is 1. The number of urea groups is 1. The fraction of sp³-hybridized carbons (Fsp3) is 0.667. The molecule has 0 rings (SSSR count). The third kappa shape index (κ3) is 2.45. The fourth-order valence-electron chi connectivity index (χ4n) is 0.754. The van der Waals surface area contributed by atoms with E-state index < -0.39 is 18.0 Å². The van der Waals surface area contributed by atoms with E-state index in [0.717, 1.165) is 4.90 Å². The van der Waals surface area contributed by atoms with Crippen molar-refractivity contribution in [1.29, 1.82) is 0 Å². The van der Waals surface area contributed by atoms with Gasteiger partial charge in [0.1, 0.15) is 6.04 Å². The van der Waals surface area contributed by atoms with Crippen LogP contribution >= 0.6 is 0 Å². The quantitative estimate of drug-likeness (QED) is 0.602. The molecule has 0 bridgehead atoms. The lowest BCUT2D eigenvalue weighted by atomic mass is 10.3. The molecule has 3 N–H and O–H groups in total. The highest BCUT2D eigenvalue weighted by Crippen LogP contribution is 1.97. The Hall–Kier alpha value is -1.26. The number of nitrogens with two attached hydrogens (primary N) is 1. The summed E-state index contributed by atoms with van der Waals surface area (Å²) in [6, 6.07) is -1.56. The molecule has 0 aromatic carbocycles. The number of nitrogens with zero attached hydrogens (tertiary/aromatic N) is 1. The van der Waals surface area contributed by atoms with Crippen molar-refractivity contribution in [1.82, 2.24) is 4.90 Å². The minimum atomic E-state index is -1.05. The van der Waals surface area contributed by atoms with Gasteiger partial charge in [0.15, 0.2) is 0 Å². The third-order valence-corrected chi connectivity index (χ3v) is 1.45. The van der Waals surface area contributed by atoms with Crippen LogP contribution in [-0.2, 0) is 4.79 Å². The van der Waals surface area contributed by atoms with Crippen molar-refractivity contribution in [3.8, 4) is 0 Å². The number of carboxylic acids is 1. The first-order valence-corrected chi connectivity index (χ1v) is 3.29. The summed E-state index contributed by atoms with van der Waals surface area (Å²) < 4.78 is 0. The second-order valence-electron chi connectivity index (χ2n) is 2.14. The molecule has 0 aliphatic heterocycles. The molecule has 64 valence electrons. The molecule has 11 heavy (non-hydrogen) atoms. The smallest absolute Gasteiger partial charge is 0.326 e. The molecule has 0 aromatic rings. The number of likely N-dealkylation sites (N-methyl/N-ethyl adjacent to an activating group) is 1. The zero-order chi connectivity index (χ0) is 9.02. The van der Waals surface area contributed by atoms with Crippen molar-refractivity contribution in [3.05, 3.63) is 0 Å². The van der Waals surface area contributed by atoms with Gasteiger partial charge < -0.3 is 15.7 Å². The molecule has 1 atom stereocenters. The Kier molecular flexibility index (Phi) is 3.36. The Morgan fingerprint density at radius 3 is 2.18 bits per heavy atom. The summed E-state index contributed by atoms with van der Waals surface area (Å²) in [4.78, 5) is 22.0. The van der Waals surface area contributed by atoms with Gasteiger partial charge in [0, 0.05) is 6.54 Å². The van der Waals surface area contributed by atoms with E-state index in [4.69, 9.17) is 10.8 Å². The predicted octanol–water partition coefficient (Wildman–Crippen LogP) is -0.140. The van der Waals surface area contributed by atoms with Crippen LogP contribution in [0.3, 0.4) is 0 Å². The Labute approximate surface area is 64.8 Å². The van der Waals surface area contributed by atoms with Gasteiger partial charge >= 0.3 is 12.0 Å². The summed E-state index contributed by atoms with van der Waals surface area (Å²) >= 11 is 0. The van der Waals surface area contributed by atoms with E-state index in [9.17, 15) is 9.59 Å². The van der Waals surface area contributed by atoms with Crippen LogP contribution in [0.1, 0.15) is 13.8 Å².